The van der Waals surface area contributed by atoms with Crippen molar-refractivity contribution in [2.45, 2.75) is 13.8 Å². The van der Waals surface area contributed by atoms with Crippen molar-refractivity contribution in [1.82, 2.24) is 4.98 Å². The molecule has 1 aromatic carbocycles. The van der Waals surface area contributed by atoms with Gasteiger partial charge in [0.1, 0.15) is 0 Å². The Labute approximate surface area is 97.4 Å². The van der Waals surface area contributed by atoms with Gasteiger partial charge in [0.2, 0.25) is 0 Å². The van der Waals surface area contributed by atoms with Crippen LogP contribution in [0.15, 0.2) is 23.7 Å². The zero-order valence-corrected chi connectivity index (χ0v) is 9.84. The predicted octanol–water partition coefficient (Wildman–Crippen LogP) is 3.13. The van der Waals surface area contributed by atoms with Crippen LogP contribution in [0.4, 0.5) is 0 Å². The van der Waals surface area contributed by atoms with Crippen LogP contribution in [-0.2, 0) is 0 Å². The summed E-state index contributed by atoms with van der Waals surface area (Å²) in [4.78, 5) is 15.5. The number of nitrogens with zero attached hydrogens (tertiary/aromatic N) is 1. The summed E-state index contributed by atoms with van der Waals surface area (Å²) in [6.07, 6.45) is 0. The van der Waals surface area contributed by atoms with E-state index in [1.165, 1.54) is 16.9 Å². The molecule has 2 aromatic rings. The van der Waals surface area contributed by atoms with Crippen LogP contribution in [0.25, 0.3) is 10.4 Å². The summed E-state index contributed by atoms with van der Waals surface area (Å²) >= 11 is 1.35. The molecule has 0 aliphatic carbocycles. The molecular weight excluding hydrogens is 222 g/mol. The van der Waals surface area contributed by atoms with E-state index in [4.69, 9.17) is 5.11 Å². The van der Waals surface area contributed by atoms with E-state index in [-0.39, 0.29) is 5.69 Å². The van der Waals surface area contributed by atoms with Crippen LogP contribution < -0.4 is 0 Å². The Balaban J connectivity index is 2.54. The third kappa shape index (κ3) is 1.84. The highest BCUT2D eigenvalue weighted by atomic mass is 32.1. The van der Waals surface area contributed by atoms with Crippen molar-refractivity contribution in [3.05, 3.63) is 40.5 Å². The molecule has 0 amide bonds. The SMILES string of the molecule is Cc1ccc(-c2scnc2C(=O)O)cc1C. The van der Waals surface area contributed by atoms with Gasteiger partial charge < -0.3 is 5.11 Å². The molecule has 16 heavy (non-hydrogen) atoms. The summed E-state index contributed by atoms with van der Waals surface area (Å²) in [5.74, 6) is -0.977. The van der Waals surface area contributed by atoms with E-state index in [0.29, 0.717) is 0 Å². The second-order valence-corrected chi connectivity index (χ2v) is 4.49. The maximum absolute atomic E-state index is 11.0. The van der Waals surface area contributed by atoms with Crippen LogP contribution in [0.1, 0.15) is 21.6 Å². The topological polar surface area (TPSA) is 50.2 Å². The Hall–Kier alpha value is -1.68. The fourth-order valence-corrected chi connectivity index (χ4v) is 2.26. The second kappa shape index (κ2) is 4.06. The number of aromatic carboxylic acids is 1. The molecular formula is C12H11NO2S. The number of hydrogen-bond donors (Lipinski definition) is 1. The molecule has 0 atom stereocenters. The van der Waals surface area contributed by atoms with E-state index in [0.717, 1.165) is 16.0 Å². The van der Waals surface area contributed by atoms with Crippen LogP contribution >= 0.6 is 11.3 Å². The highest BCUT2D eigenvalue weighted by molar-refractivity contribution is 7.13. The van der Waals surface area contributed by atoms with E-state index in [1.807, 2.05) is 32.0 Å². The summed E-state index contributed by atoms with van der Waals surface area (Å²) in [7, 11) is 0. The van der Waals surface area contributed by atoms with Crippen LogP contribution in [0.3, 0.4) is 0 Å². The molecule has 0 unspecified atom stereocenters. The van der Waals surface area contributed by atoms with Crippen molar-refractivity contribution in [3.63, 3.8) is 0 Å². The lowest BCUT2D eigenvalue weighted by molar-refractivity contribution is 0.0692. The maximum Gasteiger partial charge on any atom is 0.356 e. The van der Waals surface area contributed by atoms with Crippen molar-refractivity contribution in [1.29, 1.82) is 0 Å². The lowest BCUT2D eigenvalue weighted by atomic mass is 10.0. The molecule has 0 spiro atoms. The van der Waals surface area contributed by atoms with Gasteiger partial charge in [-0.3, -0.25) is 0 Å². The Morgan fingerprint density at radius 1 is 1.31 bits per heavy atom. The smallest absolute Gasteiger partial charge is 0.356 e. The van der Waals surface area contributed by atoms with Gasteiger partial charge in [0.05, 0.1) is 10.4 Å². The molecule has 0 bridgehead atoms. The Morgan fingerprint density at radius 3 is 2.69 bits per heavy atom. The Kier molecular flexibility index (Phi) is 2.75. The van der Waals surface area contributed by atoms with E-state index in [2.05, 4.69) is 4.98 Å². The monoisotopic (exact) mass is 233 g/mol. The van der Waals surface area contributed by atoms with Gasteiger partial charge in [-0.1, -0.05) is 18.2 Å². The number of carbonyl (C=O) groups is 1. The first kappa shape index (κ1) is 10.8. The Morgan fingerprint density at radius 2 is 2.06 bits per heavy atom. The minimum Gasteiger partial charge on any atom is -0.476 e. The number of rotatable bonds is 2. The second-order valence-electron chi connectivity index (χ2n) is 3.63. The third-order valence-corrected chi connectivity index (χ3v) is 3.41. The highest BCUT2D eigenvalue weighted by Crippen LogP contribution is 2.29. The molecule has 0 radical (unpaired) electrons. The molecule has 0 aliphatic rings. The molecule has 0 aliphatic heterocycles. The van der Waals surface area contributed by atoms with Crippen molar-refractivity contribution >= 4 is 17.3 Å². The van der Waals surface area contributed by atoms with E-state index < -0.39 is 5.97 Å². The molecule has 0 saturated heterocycles. The number of aryl methyl sites for hydroxylation is 2. The predicted molar refractivity (Wildman–Crippen MR) is 64.0 cm³/mol. The first-order valence-electron chi connectivity index (χ1n) is 4.84. The van der Waals surface area contributed by atoms with Gasteiger partial charge in [-0.25, -0.2) is 9.78 Å². The molecule has 3 nitrogen and oxygen atoms in total. The summed E-state index contributed by atoms with van der Waals surface area (Å²) in [6, 6.07) is 5.92. The summed E-state index contributed by atoms with van der Waals surface area (Å²) in [5, 5.41) is 8.98. The summed E-state index contributed by atoms with van der Waals surface area (Å²) in [6.45, 7) is 4.05. The minimum absolute atomic E-state index is 0.133. The zero-order valence-electron chi connectivity index (χ0n) is 9.02. The van der Waals surface area contributed by atoms with Gasteiger partial charge in [-0.15, -0.1) is 11.3 Å². The number of thiazole rings is 1. The molecule has 0 fully saturated rings. The number of aromatic nitrogens is 1. The summed E-state index contributed by atoms with van der Waals surface area (Å²) in [5.41, 5.74) is 4.97. The number of carboxylic acid groups (broad SMARTS) is 1. The molecule has 4 heteroatoms. The van der Waals surface area contributed by atoms with E-state index in [9.17, 15) is 4.79 Å². The molecule has 1 N–H and O–H groups in total. The largest absolute Gasteiger partial charge is 0.476 e. The van der Waals surface area contributed by atoms with Crippen molar-refractivity contribution in [2.75, 3.05) is 0 Å². The quantitative estimate of drug-likeness (QED) is 0.867. The zero-order chi connectivity index (χ0) is 11.7. The van der Waals surface area contributed by atoms with Crippen molar-refractivity contribution in [3.8, 4) is 10.4 Å². The molecule has 0 saturated carbocycles. The van der Waals surface area contributed by atoms with Crippen molar-refractivity contribution in [2.24, 2.45) is 0 Å². The fraction of sp³-hybridized carbons (Fsp3) is 0.167. The van der Waals surface area contributed by atoms with Gasteiger partial charge in [0.25, 0.3) is 0 Å². The van der Waals surface area contributed by atoms with Gasteiger partial charge in [0.15, 0.2) is 5.69 Å². The van der Waals surface area contributed by atoms with Crippen LogP contribution in [0, 0.1) is 13.8 Å². The average molecular weight is 233 g/mol. The number of carboxylic acids is 1. The maximum atomic E-state index is 11.0. The third-order valence-electron chi connectivity index (χ3n) is 2.54. The fourth-order valence-electron chi connectivity index (χ4n) is 1.49. The van der Waals surface area contributed by atoms with Gasteiger partial charge >= 0.3 is 5.97 Å². The highest BCUT2D eigenvalue weighted by Gasteiger charge is 2.15. The van der Waals surface area contributed by atoms with E-state index in [1.54, 1.807) is 5.51 Å². The summed E-state index contributed by atoms with van der Waals surface area (Å²) < 4.78 is 0. The Bertz CT molecular complexity index is 546. The van der Waals surface area contributed by atoms with Gasteiger partial charge in [-0.2, -0.15) is 0 Å². The average Bonchev–Trinajstić information content (AvgIpc) is 2.71. The van der Waals surface area contributed by atoms with Gasteiger partial charge in [-0.05, 0) is 30.5 Å². The number of hydrogen-bond acceptors (Lipinski definition) is 3. The van der Waals surface area contributed by atoms with Crippen molar-refractivity contribution < 1.29 is 9.90 Å². The first-order valence-corrected chi connectivity index (χ1v) is 5.72. The first-order chi connectivity index (χ1) is 7.59. The van der Waals surface area contributed by atoms with E-state index >= 15 is 0 Å². The lowest BCUT2D eigenvalue weighted by Crippen LogP contribution is -1.98. The van der Waals surface area contributed by atoms with Crippen LogP contribution in [-0.4, -0.2) is 16.1 Å². The lowest BCUT2D eigenvalue weighted by Gasteiger charge is -2.03. The van der Waals surface area contributed by atoms with Gasteiger partial charge in [0, 0.05) is 0 Å². The molecule has 1 heterocycles. The number of benzene rings is 1. The van der Waals surface area contributed by atoms with Crippen LogP contribution in [0.2, 0.25) is 0 Å². The van der Waals surface area contributed by atoms with Crippen LogP contribution in [0.5, 0.6) is 0 Å². The standard InChI is InChI=1S/C12H11NO2S/c1-7-3-4-9(5-8(7)2)11-10(12(14)15)13-6-16-11/h3-6H,1-2H3,(H,14,15). The normalized spacial score (nSPS) is 10.4. The minimum atomic E-state index is -0.977. The molecule has 82 valence electrons. The molecule has 1 aromatic heterocycles. The molecule has 2 rings (SSSR count).